The number of rotatable bonds is 10. The van der Waals surface area contributed by atoms with E-state index in [1.54, 1.807) is 17.7 Å². The van der Waals surface area contributed by atoms with E-state index >= 15 is 0 Å². The number of hydrogen-bond acceptors (Lipinski definition) is 7. The van der Waals surface area contributed by atoms with E-state index in [4.69, 9.17) is 13.8 Å². The van der Waals surface area contributed by atoms with Crippen LogP contribution in [0.2, 0.25) is 0 Å². The largest absolute Gasteiger partial charge is 0.512 e. The van der Waals surface area contributed by atoms with Crippen LogP contribution in [0.4, 0.5) is 0 Å². The number of allylic oxidation sites excluding steroid dienone is 2. The molecule has 6 nitrogen and oxygen atoms in total. The third-order valence-corrected chi connectivity index (χ3v) is 12.1. The number of benzene rings is 2. The summed E-state index contributed by atoms with van der Waals surface area (Å²) in [4.78, 5) is 21.4. The summed E-state index contributed by atoms with van der Waals surface area (Å²) in [6.07, 6.45) is 7.24. The van der Waals surface area contributed by atoms with Crippen LogP contribution in [0, 0.1) is 29.7 Å². The maximum atomic E-state index is 12.2. The maximum absolute atomic E-state index is 12.2. The Morgan fingerprint density at radius 2 is 1.60 bits per heavy atom. The van der Waals surface area contributed by atoms with E-state index in [0.29, 0.717) is 11.6 Å². The van der Waals surface area contributed by atoms with Gasteiger partial charge in [0.25, 0.3) is 0 Å². The molecule has 4 aromatic heterocycles. The van der Waals surface area contributed by atoms with Crippen LogP contribution in [-0.4, -0.2) is 20.9 Å². The zero-order valence-corrected chi connectivity index (χ0v) is 36.2. The van der Waals surface area contributed by atoms with Gasteiger partial charge in [-0.05, 0) is 71.7 Å². The van der Waals surface area contributed by atoms with Crippen molar-refractivity contribution in [3.63, 3.8) is 0 Å². The van der Waals surface area contributed by atoms with E-state index < -0.39 is 0 Å². The number of nitrogens with zero attached hydrogens (tertiary/aromatic N) is 2. The van der Waals surface area contributed by atoms with Gasteiger partial charge in [-0.25, -0.2) is 4.98 Å². The summed E-state index contributed by atoms with van der Waals surface area (Å²) >= 11 is 1.77. The quantitative estimate of drug-likeness (QED) is 0.0837. The first-order valence-corrected chi connectivity index (χ1v) is 19.4. The minimum absolute atomic E-state index is 0. The number of furan rings is 2. The van der Waals surface area contributed by atoms with Crippen LogP contribution in [-0.2, 0) is 36.7 Å². The Bertz CT molecular complexity index is 2220. The Kier molecular flexibility index (Phi) is 12.7. The SMILES string of the molecule is CCC(C)(CC)C(=O)/C=C(\O)C(C)(CC)CC.Cc1c(CC(C)C)oc2c1ccc1oc3ncnc(-c4[c-]c5ccsc5c(C(C)(C)C)c4)c3c12.[Ir]. The van der Waals surface area contributed by atoms with Gasteiger partial charge in [0.15, 0.2) is 5.78 Å². The van der Waals surface area contributed by atoms with Gasteiger partial charge < -0.3 is 13.9 Å². The van der Waals surface area contributed by atoms with Gasteiger partial charge in [-0.3, -0.25) is 9.78 Å². The molecule has 0 spiro atoms. The van der Waals surface area contributed by atoms with Crippen molar-refractivity contribution in [3.05, 3.63) is 70.8 Å². The molecular formula is C44H55IrN2O4S-. The molecule has 6 rings (SSSR count). The van der Waals surface area contributed by atoms with Crippen molar-refractivity contribution in [2.75, 3.05) is 0 Å². The molecule has 8 heteroatoms. The van der Waals surface area contributed by atoms with Gasteiger partial charge in [0.2, 0.25) is 5.71 Å². The Morgan fingerprint density at radius 3 is 2.19 bits per heavy atom. The van der Waals surface area contributed by atoms with Crippen LogP contribution in [0.5, 0.6) is 0 Å². The monoisotopic (exact) mass is 900 g/mol. The van der Waals surface area contributed by atoms with Crippen LogP contribution in [0.1, 0.15) is 119 Å². The van der Waals surface area contributed by atoms with Gasteiger partial charge in [-0.15, -0.1) is 23.6 Å². The fourth-order valence-corrected chi connectivity index (χ4v) is 7.64. The summed E-state index contributed by atoms with van der Waals surface area (Å²) in [5, 5.41) is 16.3. The van der Waals surface area contributed by atoms with Crippen LogP contribution in [0.3, 0.4) is 0 Å². The van der Waals surface area contributed by atoms with E-state index in [1.807, 2.05) is 47.6 Å². The number of fused-ring (bicyclic) bond motifs is 6. The summed E-state index contributed by atoms with van der Waals surface area (Å²) in [7, 11) is 0. The summed E-state index contributed by atoms with van der Waals surface area (Å²) in [6, 6.07) is 12.1. The molecule has 0 atom stereocenters. The topological polar surface area (TPSA) is 89.4 Å². The molecular weight excluding hydrogens is 845 g/mol. The van der Waals surface area contributed by atoms with E-state index in [2.05, 4.69) is 76.2 Å². The molecule has 0 unspecified atom stereocenters. The van der Waals surface area contributed by atoms with Gasteiger partial charge in [-0.1, -0.05) is 87.3 Å². The van der Waals surface area contributed by atoms with Gasteiger partial charge in [0, 0.05) is 59.9 Å². The molecule has 0 aliphatic rings. The molecule has 4 heterocycles. The molecule has 281 valence electrons. The zero-order chi connectivity index (χ0) is 37.5. The van der Waals surface area contributed by atoms with Gasteiger partial charge >= 0.3 is 0 Å². The van der Waals surface area contributed by atoms with Crippen molar-refractivity contribution in [2.45, 2.75) is 121 Å². The fourth-order valence-electron chi connectivity index (χ4n) is 6.56. The van der Waals surface area contributed by atoms with Crippen molar-refractivity contribution in [1.82, 2.24) is 9.97 Å². The van der Waals surface area contributed by atoms with Gasteiger partial charge in [0.05, 0.1) is 5.39 Å². The number of aromatic nitrogens is 2. The Balaban J connectivity index is 0.000000289. The molecule has 0 fully saturated rings. The Hall–Kier alpha value is -3.32. The first-order valence-electron chi connectivity index (χ1n) is 18.5. The predicted molar refractivity (Wildman–Crippen MR) is 214 cm³/mol. The number of aryl methyl sites for hydroxylation is 1. The Labute approximate surface area is 326 Å². The second kappa shape index (κ2) is 16.0. The average molecular weight is 900 g/mol. The standard InChI is InChI=1S/C29H27N2O2S.C15H28O2.Ir/c1-15(2)11-22-16(3)19-7-8-21-23(26(19)32-22)24-25(30-14-31-28(24)33-21)18-12-17-9-10-34-27(17)20(13-18)29(4,5)6;1-7-14(5,8-2)12(16)11-13(17)15(6,9-3)10-4;/h7-10,13-15H,11H2,1-6H3;11,16H,7-10H2,1-6H3;/q-1;;/b;12-11-;. The number of carbonyl (C=O) groups is 1. The molecule has 1 N–H and O–H groups in total. The van der Waals surface area contributed by atoms with E-state index in [0.717, 1.165) is 81.8 Å². The third kappa shape index (κ3) is 7.81. The van der Waals surface area contributed by atoms with Crippen LogP contribution in [0.15, 0.2) is 56.6 Å². The van der Waals surface area contributed by atoms with Gasteiger partial charge in [0.1, 0.15) is 29.0 Å². The number of aliphatic hydroxyl groups is 1. The number of hydrogen-bond donors (Lipinski definition) is 1. The van der Waals surface area contributed by atoms with Crippen molar-refractivity contribution in [2.24, 2.45) is 16.7 Å². The first kappa shape index (κ1) is 41.4. The predicted octanol–water partition coefficient (Wildman–Crippen LogP) is 13.3. The van der Waals surface area contributed by atoms with Crippen LogP contribution < -0.4 is 0 Å². The molecule has 52 heavy (non-hydrogen) atoms. The second-order valence-corrected chi connectivity index (χ2v) is 16.9. The van der Waals surface area contributed by atoms with Crippen molar-refractivity contribution in [1.29, 1.82) is 0 Å². The van der Waals surface area contributed by atoms with E-state index in [9.17, 15) is 9.90 Å². The van der Waals surface area contributed by atoms with E-state index in [-0.39, 0.29) is 47.9 Å². The molecule has 0 saturated heterocycles. The summed E-state index contributed by atoms with van der Waals surface area (Å²) in [5.41, 5.74) is 5.85. The smallest absolute Gasteiger partial charge is 0.223 e. The zero-order valence-electron chi connectivity index (χ0n) is 33.0. The minimum Gasteiger partial charge on any atom is -0.512 e. The molecule has 0 saturated carbocycles. The Morgan fingerprint density at radius 1 is 0.942 bits per heavy atom. The average Bonchev–Trinajstić information content (AvgIpc) is 3.81. The summed E-state index contributed by atoms with van der Waals surface area (Å²) in [5.74, 6) is 1.83. The van der Waals surface area contributed by atoms with Crippen LogP contribution in [0.25, 0.3) is 54.4 Å². The maximum Gasteiger partial charge on any atom is 0.223 e. The third-order valence-electron chi connectivity index (χ3n) is 11.2. The van der Waals surface area contributed by atoms with Crippen molar-refractivity contribution < 1.29 is 38.8 Å². The molecule has 1 radical (unpaired) electrons. The molecule has 0 bridgehead atoms. The molecule has 2 aromatic carbocycles. The summed E-state index contributed by atoms with van der Waals surface area (Å²) < 4.78 is 14.0. The molecule has 0 aliphatic carbocycles. The minimum atomic E-state index is -0.337. The van der Waals surface area contributed by atoms with Crippen molar-refractivity contribution in [3.8, 4) is 11.3 Å². The normalized spacial score (nSPS) is 12.9. The molecule has 0 amide bonds. The van der Waals surface area contributed by atoms with Crippen molar-refractivity contribution >= 4 is 60.2 Å². The molecule has 6 aromatic rings. The number of carbonyl (C=O) groups excluding carboxylic acids is 1. The van der Waals surface area contributed by atoms with Crippen LogP contribution >= 0.6 is 11.3 Å². The summed E-state index contributed by atoms with van der Waals surface area (Å²) in [6.45, 7) is 25.4. The fraction of sp³-hybridized carbons (Fsp3) is 0.477. The number of ketones is 1. The number of thiophene rings is 1. The first-order chi connectivity index (χ1) is 24.0. The number of aliphatic hydroxyl groups excluding tert-OH is 1. The van der Waals surface area contributed by atoms with E-state index in [1.165, 1.54) is 21.9 Å². The van der Waals surface area contributed by atoms with Gasteiger partial charge in [-0.2, -0.15) is 11.3 Å². The molecule has 0 aliphatic heterocycles. The second-order valence-electron chi connectivity index (χ2n) is 16.0.